The van der Waals surface area contributed by atoms with Gasteiger partial charge in [0.05, 0.1) is 23.0 Å². The smallest absolute Gasteiger partial charge is 0.290 e. The van der Waals surface area contributed by atoms with Gasteiger partial charge in [-0.1, -0.05) is 48.0 Å². The Hall–Kier alpha value is -3.22. The molecular formula is C26H24N2O3S. The van der Waals surface area contributed by atoms with Crippen LogP contribution < -0.4 is 5.43 Å². The van der Waals surface area contributed by atoms with Gasteiger partial charge in [0.25, 0.3) is 5.91 Å². The largest absolute Gasteiger partial charge is 0.450 e. The van der Waals surface area contributed by atoms with Crippen LogP contribution in [0, 0.1) is 6.92 Å². The number of benzene rings is 2. The Labute approximate surface area is 190 Å². The van der Waals surface area contributed by atoms with Crippen LogP contribution in [0.15, 0.2) is 75.3 Å². The third-order valence-electron chi connectivity index (χ3n) is 6.13. The highest BCUT2D eigenvalue weighted by molar-refractivity contribution is 7.10. The average Bonchev–Trinajstić information content (AvgIpc) is 3.40. The molecule has 0 spiro atoms. The van der Waals surface area contributed by atoms with Gasteiger partial charge in [-0.05, 0) is 50.2 Å². The topological polar surface area (TPSA) is 53.8 Å². The van der Waals surface area contributed by atoms with Crippen LogP contribution in [0.5, 0.6) is 0 Å². The van der Waals surface area contributed by atoms with Crippen LogP contribution >= 0.6 is 11.3 Å². The Bertz CT molecular complexity index is 1340. The molecule has 4 aromatic rings. The molecule has 0 radical (unpaired) electrons. The fourth-order valence-electron chi connectivity index (χ4n) is 4.43. The first-order valence-corrected chi connectivity index (χ1v) is 11.5. The van der Waals surface area contributed by atoms with Crippen LogP contribution in [0.2, 0.25) is 0 Å². The second-order valence-corrected chi connectivity index (χ2v) is 9.41. The van der Waals surface area contributed by atoms with Crippen LogP contribution in [0.4, 0.5) is 0 Å². The predicted octanol–water partition coefficient (Wildman–Crippen LogP) is 5.01. The van der Waals surface area contributed by atoms with Crippen LogP contribution in [0.25, 0.3) is 11.0 Å². The average molecular weight is 445 g/mol. The molecule has 6 heteroatoms. The predicted molar refractivity (Wildman–Crippen MR) is 127 cm³/mol. The molecule has 0 saturated heterocycles. The summed E-state index contributed by atoms with van der Waals surface area (Å²) in [4.78, 5) is 32.3. The van der Waals surface area contributed by atoms with Gasteiger partial charge in [0, 0.05) is 11.4 Å². The van der Waals surface area contributed by atoms with Gasteiger partial charge >= 0.3 is 0 Å². The molecule has 2 aromatic carbocycles. The van der Waals surface area contributed by atoms with Gasteiger partial charge in [0.1, 0.15) is 5.58 Å². The fourth-order valence-corrected chi connectivity index (χ4v) is 5.34. The second kappa shape index (κ2) is 8.04. The van der Waals surface area contributed by atoms with E-state index in [1.54, 1.807) is 28.4 Å². The highest BCUT2D eigenvalue weighted by Gasteiger charge is 2.43. The molecule has 1 aliphatic heterocycles. The molecule has 5 nitrogen and oxygen atoms in total. The lowest BCUT2D eigenvalue weighted by Gasteiger charge is -2.32. The number of amides is 1. The second-order valence-electron chi connectivity index (χ2n) is 8.44. The highest BCUT2D eigenvalue weighted by atomic mass is 32.1. The molecule has 162 valence electrons. The summed E-state index contributed by atoms with van der Waals surface area (Å²) in [5.41, 5.74) is 2.77. The lowest BCUT2D eigenvalue weighted by atomic mass is 9.97. The van der Waals surface area contributed by atoms with E-state index in [-0.39, 0.29) is 23.1 Å². The SMILES string of the molecule is Cc1ccc([C@H]2c3c(oc4ccccc4c3=O)C(=O)N2C[C@@H](c2cccs2)N(C)C)cc1. The number of aryl methyl sites for hydroxylation is 1. The molecule has 0 unspecified atom stereocenters. The van der Waals surface area contributed by atoms with Crippen molar-refractivity contribution in [2.45, 2.75) is 19.0 Å². The summed E-state index contributed by atoms with van der Waals surface area (Å²) < 4.78 is 6.03. The van der Waals surface area contributed by atoms with Crippen LogP contribution in [-0.2, 0) is 0 Å². The van der Waals surface area contributed by atoms with E-state index in [4.69, 9.17) is 4.42 Å². The third-order valence-corrected chi connectivity index (χ3v) is 7.10. The van der Waals surface area contributed by atoms with Gasteiger partial charge in [-0.15, -0.1) is 11.3 Å². The van der Waals surface area contributed by atoms with Crippen molar-refractivity contribution in [3.63, 3.8) is 0 Å². The van der Waals surface area contributed by atoms with Crippen LogP contribution in [0.1, 0.15) is 44.2 Å². The Morgan fingerprint density at radius 1 is 1.03 bits per heavy atom. The molecule has 2 aromatic heterocycles. The minimum Gasteiger partial charge on any atom is -0.450 e. The van der Waals surface area contributed by atoms with Crippen LogP contribution in [0.3, 0.4) is 0 Å². The van der Waals surface area contributed by atoms with E-state index >= 15 is 0 Å². The number of rotatable bonds is 5. The summed E-state index contributed by atoms with van der Waals surface area (Å²) in [6.07, 6.45) is 0. The lowest BCUT2D eigenvalue weighted by molar-refractivity contribution is 0.0677. The minimum atomic E-state index is -0.485. The van der Waals surface area contributed by atoms with Crippen molar-refractivity contribution in [2.24, 2.45) is 0 Å². The van der Waals surface area contributed by atoms with Crippen LogP contribution in [-0.4, -0.2) is 36.3 Å². The maximum absolute atomic E-state index is 13.6. The van der Waals surface area contributed by atoms with E-state index < -0.39 is 6.04 Å². The van der Waals surface area contributed by atoms with Gasteiger partial charge in [-0.2, -0.15) is 0 Å². The number of para-hydroxylation sites is 1. The number of hydrogen-bond donors (Lipinski definition) is 0. The molecule has 0 bridgehead atoms. The summed E-state index contributed by atoms with van der Waals surface area (Å²) in [6.45, 7) is 2.47. The number of likely N-dealkylation sites (N-methyl/N-ethyl adjacent to an activating group) is 1. The first-order chi connectivity index (χ1) is 15.5. The zero-order valence-electron chi connectivity index (χ0n) is 18.2. The maximum atomic E-state index is 13.6. The lowest BCUT2D eigenvalue weighted by Crippen LogP contribution is -2.37. The first-order valence-electron chi connectivity index (χ1n) is 10.6. The number of fused-ring (bicyclic) bond motifs is 2. The van der Waals surface area contributed by atoms with Crippen molar-refractivity contribution in [2.75, 3.05) is 20.6 Å². The van der Waals surface area contributed by atoms with Crippen molar-refractivity contribution in [1.29, 1.82) is 0 Å². The number of carbonyl (C=O) groups excluding carboxylic acids is 1. The van der Waals surface area contributed by atoms with Crippen molar-refractivity contribution in [1.82, 2.24) is 9.80 Å². The van der Waals surface area contributed by atoms with E-state index in [1.165, 1.54) is 4.88 Å². The molecule has 32 heavy (non-hydrogen) atoms. The number of nitrogens with zero attached hydrogens (tertiary/aromatic N) is 2. The van der Waals surface area contributed by atoms with Crippen molar-refractivity contribution in [3.05, 3.63) is 104 Å². The molecule has 1 amide bonds. The highest BCUT2D eigenvalue weighted by Crippen LogP contribution is 2.40. The maximum Gasteiger partial charge on any atom is 0.290 e. The molecule has 0 N–H and O–H groups in total. The monoisotopic (exact) mass is 444 g/mol. The molecule has 0 saturated carbocycles. The van der Waals surface area contributed by atoms with Gasteiger partial charge in [0.2, 0.25) is 5.76 Å². The van der Waals surface area contributed by atoms with Gasteiger partial charge in [-0.25, -0.2) is 0 Å². The van der Waals surface area contributed by atoms with Crippen molar-refractivity contribution >= 4 is 28.2 Å². The number of hydrogen-bond acceptors (Lipinski definition) is 5. The summed E-state index contributed by atoms with van der Waals surface area (Å²) in [5, 5.41) is 2.54. The van der Waals surface area contributed by atoms with Crippen molar-refractivity contribution in [3.8, 4) is 0 Å². The standard InChI is InChI=1S/C26H24N2O3S/c1-16-10-12-17(13-11-16)23-22-24(29)18-7-4-5-8-20(18)31-25(22)26(30)28(23)15-19(27(2)3)21-9-6-14-32-21/h4-14,19,23H,15H2,1-3H3/t19-,23-/m0/s1. The fraction of sp³-hybridized carbons (Fsp3) is 0.231. The summed E-state index contributed by atoms with van der Waals surface area (Å²) in [5.74, 6) is -0.0835. The summed E-state index contributed by atoms with van der Waals surface area (Å²) in [7, 11) is 4.02. The van der Waals surface area contributed by atoms with Gasteiger partial charge in [-0.3, -0.25) is 9.59 Å². The molecular weight excluding hydrogens is 420 g/mol. The minimum absolute atomic E-state index is 0.00530. The van der Waals surface area contributed by atoms with Gasteiger partial charge in [0.15, 0.2) is 5.43 Å². The normalized spacial score (nSPS) is 16.7. The Kier molecular flexibility index (Phi) is 5.19. The van der Waals surface area contributed by atoms with Crippen molar-refractivity contribution < 1.29 is 9.21 Å². The summed E-state index contributed by atoms with van der Waals surface area (Å²) >= 11 is 1.67. The molecule has 2 atom stereocenters. The Balaban J connectivity index is 1.69. The molecule has 3 heterocycles. The zero-order chi connectivity index (χ0) is 22.4. The summed E-state index contributed by atoms with van der Waals surface area (Å²) in [6, 6.07) is 18.8. The number of carbonyl (C=O) groups is 1. The zero-order valence-corrected chi connectivity index (χ0v) is 19.1. The number of thiophene rings is 1. The van der Waals surface area contributed by atoms with E-state index in [2.05, 4.69) is 11.0 Å². The Morgan fingerprint density at radius 3 is 2.47 bits per heavy atom. The third kappa shape index (κ3) is 3.36. The van der Waals surface area contributed by atoms with E-state index in [0.717, 1.165) is 11.1 Å². The molecule has 0 fully saturated rings. The molecule has 0 aliphatic carbocycles. The van der Waals surface area contributed by atoms with E-state index in [0.29, 0.717) is 23.1 Å². The first kappa shape index (κ1) is 20.7. The van der Waals surface area contributed by atoms with E-state index in [9.17, 15) is 9.59 Å². The van der Waals surface area contributed by atoms with Gasteiger partial charge < -0.3 is 14.2 Å². The quantitative estimate of drug-likeness (QED) is 0.434. The molecule has 1 aliphatic rings. The Morgan fingerprint density at radius 2 is 1.78 bits per heavy atom. The molecule has 5 rings (SSSR count). The van der Waals surface area contributed by atoms with E-state index in [1.807, 2.05) is 68.9 Å².